The highest BCUT2D eigenvalue weighted by Crippen LogP contribution is 2.39. The summed E-state index contributed by atoms with van der Waals surface area (Å²) in [6.07, 6.45) is 1.10. The van der Waals surface area contributed by atoms with Gasteiger partial charge >= 0.3 is 5.97 Å². The number of nitrogens with two attached hydrogens (primary N) is 1. The van der Waals surface area contributed by atoms with Gasteiger partial charge in [-0.2, -0.15) is 0 Å². The van der Waals surface area contributed by atoms with Gasteiger partial charge in [-0.1, -0.05) is 23.7 Å². The van der Waals surface area contributed by atoms with Crippen molar-refractivity contribution < 1.29 is 9.90 Å². The number of rotatable bonds is 1. The summed E-state index contributed by atoms with van der Waals surface area (Å²) in [5.74, 6) is -1.01. The van der Waals surface area contributed by atoms with Crippen LogP contribution in [0, 0.1) is 0 Å². The van der Waals surface area contributed by atoms with Crippen LogP contribution in [-0.2, 0) is 16.8 Å². The van der Waals surface area contributed by atoms with E-state index in [1.807, 2.05) is 12.1 Å². The third kappa shape index (κ3) is 1.13. The molecule has 1 aliphatic carbocycles. The summed E-state index contributed by atoms with van der Waals surface area (Å²) < 4.78 is 0. The van der Waals surface area contributed by atoms with Crippen LogP contribution in [-0.4, -0.2) is 11.1 Å². The molecule has 0 fully saturated rings. The van der Waals surface area contributed by atoms with Crippen LogP contribution in [0.4, 0.5) is 0 Å². The average molecular weight is 212 g/mol. The summed E-state index contributed by atoms with van der Waals surface area (Å²) in [4.78, 5) is 11.1. The molecule has 0 spiro atoms. The molecule has 0 aliphatic heterocycles. The third-order valence-electron chi connectivity index (χ3n) is 2.72. The van der Waals surface area contributed by atoms with E-state index in [1.165, 1.54) is 0 Å². The number of benzene rings is 1. The topological polar surface area (TPSA) is 63.3 Å². The minimum atomic E-state index is -1.30. The van der Waals surface area contributed by atoms with E-state index in [-0.39, 0.29) is 0 Å². The summed E-state index contributed by atoms with van der Waals surface area (Å²) >= 11 is 5.95. The first kappa shape index (κ1) is 9.49. The van der Waals surface area contributed by atoms with E-state index in [0.29, 0.717) is 23.4 Å². The van der Waals surface area contributed by atoms with Crippen LogP contribution < -0.4 is 5.73 Å². The number of fused-ring (bicyclic) bond motifs is 1. The van der Waals surface area contributed by atoms with Gasteiger partial charge in [0.25, 0.3) is 0 Å². The number of halogens is 1. The second-order valence-corrected chi connectivity index (χ2v) is 3.96. The minimum absolute atomic E-state index is 0.418. The molecule has 74 valence electrons. The second-order valence-electron chi connectivity index (χ2n) is 3.55. The van der Waals surface area contributed by atoms with Gasteiger partial charge in [0, 0.05) is 10.6 Å². The molecule has 1 aromatic rings. The zero-order valence-corrected chi connectivity index (χ0v) is 8.21. The van der Waals surface area contributed by atoms with E-state index >= 15 is 0 Å². The van der Waals surface area contributed by atoms with Crippen molar-refractivity contribution in [3.8, 4) is 0 Å². The summed E-state index contributed by atoms with van der Waals surface area (Å²) in [6.45, 7) is 0. The maximum Gasteiger partial charge on any atom is 0.328 e. The van der Waals surface area contributed by atoms with Gasteiger partial charge in [-0.3, -0.25) is 0 Å². The predicted octanol–water partition coefficient (Wildman–Crippen LogP) is 1.52. The highest BCUT2D eigenvalue weighted by Gasteiger charge is 2.43. The summed E-state index contributed by atoms with van der Waals surface area (Å²) in [5.41, 5.74) is 6.06. The van der Waals surface area contributed by atoms with Crippen molar-refractivity contribution >= 4 is 17.6 Å². The van der Waals surface area contributed by atoms with Crippen molar-refractivity contribution in [2.45, 2.75) is 18.4 Å². The molecule has 1 unspecified atom stereocenters. The van der Waals surface area contributed by atoms with Crippen LogP contribution in [0.5, 0.6) is 0 Å². The summed E-state index contributed by atoms with van der Waals surface area (Å²) in [5, 5.41) is 9.51. The molecule has 14 heavy (non-hydrogen) atoms. The fraction of sp³-hybridized carbons (Fsp3) is 0.300. The van der Waals surface area contributed by atoms with Crippen molar-refractivity contribution in [1.29, 1.82) is 0 Å². The summed E-state index contributed by atoms with van der Waals surface area (Å²) in [7, 11) is 0. The Morgan fingerprint density at radius 3 is 2.93 bits per heavy atom. The third-order valence-corrected chi connectivity index (χ3v) is 3.03. The van der Waals surface area contributed by atoms with E-state index in [0.717, 1.165) is 5.56 Å². The van der Waals surface area contributed by atoms with E-state index in [1.54, 1.807) is 6.07 Å². The van der Waals surface area contributed by atoms with Gasteiger partial charge in [-0.15, -0.1) is 0 Å². The van der Waals surface area contributed by atoms with Crippen molar-refractivity contribution in [2.24, 2.45) is 5.73 Å². The van der Waals surface area contributed by atoms with Crippen LogP contribution >= 0.6 is 11.6 Å². The Balaban J connectivity index is 2.64. The Bertz CT molecular complexity index is 405. The van der Waals surface area contributed by atoms with Crippen molar-refractivity contribution in [1.82, 2.24) is 0 Å². The molecule has 1 aromatic carbocycles. The van der Waals surface area contributed by atoms with Gasteiger partial charge in [0.15, 0.2) is 0 Å². The highest BCUT2D eigenvalue weighted by molar-refractivity contribution is 6.32. The van der Waals surface area contributed by atoms with Gasteiger partial charge in [0.2, 0.25) is 0 Å². The standard InChI is InChI=1S/C10H10ClNO2/c11-7-3-1-2-6-4-5-10(12,8(6)7)9(13)14/h1-3H,4-5,12H2,(H,13,14). The quantitative estimate of drug-likeness (QED) is 0.741. The van der Waals surface area contributed by atoms with Crippen LogP contribution in [0.1, 0.15) is 17.5 Å². The molecule has 4 heteroatoms. The molecule has 0 radical (unpaired) electrons. The van der Waals surface area contributed by atoms with Crippen LogP contribution in [0.2, 0.25) is 5.02 Å². The first-order valence-electron chi connectivity index (χ1n) is 4.36. The van der Waals surface area contributed by atoms with E-state index < -0.39 is 11.5 Å². The molecule has 0 heterocycles. The number of hydrogen-bond acceptors (Lipinski definition) is 2. The Hall–Kier alpha value is -1.06. The number of carboxylic acids is 1. The molecule has 0 aromatic heterocycles. The predicted molar refractivity (Wildman–Crippen MR) is 53.3 cm³/mol. The Kier molecular flexibility index (Phi) is 2.01. The Labute approximate surface area is 86.5 Å². The normalized spacial score (nSPS) is 24.7. The first-order valence-corrected chi connectivity index (χ1v) is 4.73. The van der Waals surface area contributed by atoms with Crippen LogP contribution in [0.3, 0.4) is 0 Å². The van der Waals surface area contributed by atoms with Crippen LogP contribution in [0.25, 0.3) is 0 Å². The lowest BCUT2D eigenvalue weighted by molar-refractivity contribution is -0.143. The smallest absolute Gasteiger partial charge is 0.328 e. The number of hydrogen-bond donors (Lipinski definition) is 2. The van der Waals surface area contributed by atoms with Crippen molar-refractivity contribution in [3.05, 3.63) is 34.3 Å². The van der Waals surface area contributed by atoms with Crippen LogP contribution in [0.15, 0.2) is 18.2 Å². The zero-order chi connectivity index (χ0) is 10.3. The Morgan fingerprint density at radius 2 is 2.29 bits per heavy atom. The van der Waals surface area contributed by atoms with Gasteiger partial charge in [-0.05, 0) is 24.5 Å². The molecule has 1 aliphatic rings. The number of carbonyl (C=O) groups is 1. The molecular weight excluding hydrogens is 202 g/mol. The maximum absolute atomic E-state index is 11.1. The molecule has 0 bridgehead atoms. The SMILES string of the molecule is NC1(C(=O)O)CCc2cccc(Cl)c21. The fourth-order valence-electron chi connectivity index (χ4n) is 1.95. The van der Waals surface area contributed by atoms with Crippen molar-refractivity contribution in [3.63, 3.8) is 0 Å². The lowest BCUT2D eigenvalue weighted by atomic mass is 9.93. The number of aliphatic carboxylic acids is 1. The number of carboxylic acid groups (broad SMARTS) is 1. The second kappa shape index (κ2) is 2.97. The zero-order valence-electron chi connectivity index (χ0n) is 7.46. The molecule has 3 N–H and O–H groups in total. The Morgan fingerprint density at radius 1 is 1.57 bits per heavy atom. The minimum Gasteiger partial charge on any atom is -0.480 e. The van der Waals surface area contributed by atoms with E-state index in [4.69, 9.17) is 22.4 Å². The maximum atomic E-state index is 11.1. The van der Waals surface area contributed by atoms with E-state index in [2.05, 4.69) is 0 Å². The van der Waals surface area contributed by atoms with Gasteiger partial charge < -0.3 is 10.8 Å². The molecule has 0 saturated heterocycles. The lowest BCUT2D eigenvalue weighted by Crippen LogP contribution is -2.42. The fourth-order valence-corrected chi connectivity index (χ4v) is 2.31. The lowest BCUT2D eigenvalue weighted by Gasteiger charge is -2.20. The van der Waals surface area contributed by atoms with Crippen molar-refractivity contribution in [2.75, 3.05) is 0 Å². The monoisotopic (exact) mass is 211 g/mol. The highest BCUT2D eigenvalue weighted by atomic mass is 35.5. The summed E-state index contributed by atoms with van der Waals surface area (Å²) in [6, 6.07) is 5.36. The molecule has 0 saturated carbocycles. The van der Waals surface area contributed by atoms with E-state index in [9.17, 15) is 4.79 Å². The number of aryl methyl sites for hydroxylation is 1. The molecule has 0 amide bonds. The van der Waals surface area contributed by atoms with Gasteiger partial charge in [0.05, 0.1) is 0 Å². The molecular formula is C10H10ClNO2. The first-order chi connectivity index (χ1) is 6.55. The van der Waals surface area contributed by atoms with Gasteiger partial charge in [0.1, 0.15) is 5.54 Å². The molecule has 1 atom stereocenters. The largest absolute Gasteiger partial charge is 0.480 e. The molecule has 2 rings (SSSR count). The average Bonchev–Trinajstić information content (AvgIpc) is 2.47. The molecule has 3 nitrogen and oxygen atoms in total. The van der Waals surface area contributed by atoms with Gasteiger partial charge in [-0.25, -0.2) is 4.79 Å².